The highest BCUT2D eigenvalue weighted by Gasteiger charge is 2.38. The van der Waals surface area contributed by atoms with Gasteiger partial charge in [0, 0.05) is 56.3 Å². The number of rotatable bonds is 12. The van der Waals surface area contributed by atoms with E-state index in [9.17, 15) is 0 Å². The molecule has 0 spiro atoms. The van der Waals surface area contributed by atoms with E-state index in [0.29, 0.717) is 12.6 Å². The maximum Gasteiger partial charge on any atom is 0.124 e. The topological polar surface area (TPSA) is 60.8 Å². The normalized spacial score (nSPS) is 19.4. The third-order valence-corrected chi connectivity index (χ3v) is 6.67. The van der Waals surface area contributed by atoms with Crippen LogP contribution in [0.3, 0.4) is 0 Å². The molecule has 30 heavy (non-hydrogen) atoms. The highest BCUT2D eigenvalue weighted by Crippen LogP contribution is 2.45. The molecule has 1 aromatic rings. The summed E-state index contributed by atoms with van der Waals surface area (Å²) in [6.07, 6.45) is 5.54. The van der Waals surface area contributed by atoms with Crippen LogP contribution >= 0.6 is 0 Å². The van der Waals surface area contributed by atoms with Crippen molar-refractivity contribution in [1.29, 1.82) is 0 Å². The van der Waals surface area contributed by atoms with Gasteiger partial charge in [0.1, 0.15) is 12.6 Å². The number of hydrogen-bond donors (Lipinski definition) is 1. The van der Waals surface area contributed by atoms with E-state index in [1.165, 1.54) is 30.1 Å². The van der Waals surface area contributed by atoms with Crippen molar-refractivity contribution in [1.82, 2.24) is 19.8 Å². The number of nitrogens with one attached hydrogen (secondary N) is 1. The molecule has 2 aliphatic rings. The van der Waals surface area contributed by atoms with E-state index in [0.717, 1.165) is 71.9 Å². The highest BCUT2D eigenvalue weighted by molar-refractivity contribution is 5.23. The first-order chi connectivity index (χ1) is 14.6. The maximum absolute atomic E-state index is 5.87. The fourth-order valence-corrected chi connectivity index (χ4v) is 4.90. The molecule has 3 rings (SSSR count). The van der Waals surface area contributed by atoms with Crippen molar-refractivity contribution in [3.05, 3.63) is 17.2 Å². The van der Waals surface area contributed by atoms with E-state index in [1.807, 2.05) is 7.05 Å². The van der Waals surface area contributed by atoms with Gasteiger partial charge in [-0.3, -0.25) is 4.90 Å². The Morgan fingerprint density at radius 3 is 2.53 bits per heavy atom. The molecule has 172 valence electrons. The second-order valence-corrected chi connectivity index (χ2v) is 8.97. The number of nitrogens with zero attached hydrogens (tertiary/aromatic N) is 3. The maximum atomic E-state index is 5.87. The van der Waals surface area contributed by atoms with E-state index in [2.05, 4.69) is 35.7 Å². The molecule has 0 bridgehead atoms. The lowest BCUT2D eigenvalue weighted by atomic mass is 9.70. The van der Waals surface area contributed by atoms with Gasteiger partial charge in [-0.25, -0.2) is 4.98 Å². The molecule has 1 fully saturated rings. The molecule has 1 aromatic heterocycles. The summed E-state index contributed by atoms with van der Waals surface area (Å²) < 4.78 is 19.9. The van der Waals surface area contributed by atoms with E-state index in [-0.39, 0.29) is 5.41 Å². The lowest BCUT2D eigenvalue weighted by Crippen LogP contribution is -2.37. The van der Waals surface area contributed by atoms with Gasteiger partial charge in [-0.15, -0.1) is 0 Å². The number of hydrogen-bond acceptors (Lipinski definition) is 6. The minimum Gasteiger partial charge on any atom is -0.381 e. The summed E-state index contributed by atoms with van der Waals surface area (Å²) in [6, 6.07) is 0. The molecule has 0 aromatic carbocycles. The largest absolute Gasteiger partial charge is 0.381 e. The number of fused-ring (bicyclic) bond motifs is 1. The van der Waals surface area contributed by atoms with Gasteiger partial charge in [-0.2, -0.15) is 0 Å². The Balaban J connectivity index is 1.75. The monoisotopic (exact) mass is 422 g/mol. The molecule has 7 nitrogen and oxygen atoms in total. The minimum atomic E-state index is 0.160. The number of imidazole rings is 1. The summed E-state index contributed by atoms with van der Waals surface area (Å²) in [7, 11) is 4.19. The van der Waals surface area contributed by atoms with Crippen LogP contribution < -0.4 is 5.32 Å². The molecule has 0 atom stereocenters. The Labute approximate surface area is 182 Å². The second kappa shape index (κ2) is 11.6. The molecule has 1 N–H and O–H groups in total. The van der Waals surface area contributed by atoms with Gasteiger partial charge in [0.2, 0.25) is 0 Å². The molecule has 1 saturated carbocycles. The summed E-state index contributed by atoms with van der Waals surface area (Å²) in [5, 5.41) is 3.24. The summed E-state index contributed by atoms with van der Waals surface area (Å²) in [5.41, 5.74) is 2.83. The second-order valence-electron chi connectivity index (χ2n) is 8.97. The molecule has 0 unspecified atom stereocenters. The fourth-order valence-electron chi connectivity index (χ4n) is 4.90. The van der Waals surface area contributed by atoms with E-state index < -0.39 is 0 Å². The fraction of sp³-hybridized carbons (Fsp3) is 0.870. The van der Waals surface area contributed by atoms with Gasteiger partial charge in [0.05, 0.1) is 25.5 Å². The molecule has 7 heteroatoms. The van der Waals surface area contributed by atoms with Crippen LogP contribution in [0.5, 0.6) is 0 Å². The van der Waals surface area contributed by atoms with Crippen molar-refractivity contribution < 1.29 is 14.2 Å². The molecular formula is C23H42N4O3. The molecular weight excluding hydrogens is 380 g/mol. The average Bonchev–Trinajstić information content (AvgIpc) is 3.13. The van der Waals surface area contributed by atoms with Gasteiger partial charge in [0.15, 0.2) is 0 Å². The van der Waals surface area contributed by atoms with Gasteiger partial charge in [-0.1, -0.05) is 0 Å². The molecule has 0 amide bonds. The van der Waals surface area contributed by atoms with Crippen molar-refractivity contribution in [2.75, 3.05) is 60.2 Å². The lowest BCUT2D eigenvalue weighted by molar-refractivity contribution is -0.0403. The van der Waals surface area contributed by atoms with E-state index in [4.69, 9.17) is 19.2 Å². The van der Waals surface area contributed by atoms with Crippen LogP contribution in [0.2, 0.25) is 0 Å². The van der Waals surface area contributed by atoms with E-state index in [1.54, 1.807) is 0 Å². The summed E-state index contributed by atoms with van der Waals surface area (Å²) in [6.45, 7) is 11.7. The molecule has 1 aliphatic heterocycles. The van der Waals surface area contributed by atoms with E-state index >= 15 is 0 Å². The molecule has 0 saturated heterocycles. The molecule has 1 aliphatic carbocycles. The Bertz CT molecular complexity index is 631. The Morgan fingerprint density at radius 1 is 1.20 bits per heavy atom. The first-order valence-corrected chi connectivity index (χ1v) is 11.8. The molecule has 0 radical (unpaired) electrons. The smallest absolute Gasteiger partial charge is 0.124 e. The highest BCUT2D eigenvalue weighted by atomic mass is 16.5. The van der Waals surface area contributed by atoms with Gasteiger partial charge >= 0.3 is 0 Å². The number of likely N-dealkylation sites (N-methyl/N-ethyl adjacent to an activating group) is 2. The van der Waals surface area contributed by atoms with Crippen molar-refractivity contribution in [3.8, 4) is 0 Å². The Kier molecular flexibility index (Phi) is 9.13. The standard InChI is InChI=1S/C23H42N4O3/c1-5-28-16-23(17-29-6-2)10-7-19(8-11-23)22-20(15-26(4)13-12-24-3)25-21-9-14-30-18-27(21)22/h19,24H,5-18H2,1-4H3. The first-order valence-electron chi connectivity index (χ1n) is 11.8. The third-order valence-electron chi connectivity index (χ3n) is 6.67. The van der Waals surface area contributed by atoms with Crippen molar-refractivity contribution >= 4 is 0 Å². The van der Waals surface area contributed by atoms with Gasteiger partial charge in [-0.05, 0) is 53.6 Å². The third kappa shape index (κ3) is 5.82. The van der Waals surface area contributed by atoms with Crippen LogP contribution in [0.15, 0.2) is 0 Å². The van der Waals surface area contributed by atoms with Gasteiger partial charge in [0.25, 0.3) is 0 Å². The summed E-state index contributed by atoms with van der Waals surface area (Å²) >= 11 is 0. The zero-order valence-electron chi connectivity index (χ0n) is 19.5. The summed E-state index contributed by atoms with van der Waals surface area (Å²) in [4.78, 5) is 7.45. The van der Waals surface area contributed by atoms with Crippen molar-refractivity contribution in [2.24, 2.45) is 5.41 Å². The van der Waals surface area contributed by atoms with Crippen LogP contribution in [0.4, 0.5) is 0 Å². The van der Waals surface area contributed by atoms with Crippen LogP contribution in [0.1, 0.15) is 62.7 Å². The van der Waals surface area contributed by atoms with Gasteiger partial charge < -0.3 is 24.1 Å². The number of ether oxygens (including phenoxy) is 3. The minimum absolute atomic E-state index is 0.160. The zero-order chi connectivity index (χ0) is 21.4. The Morgan fingerprint density at radius 2 is 1.90 bits per heavy atom. The van der Waals surface area contributed by atoms with Crippen LogP contribution in [0.25, 0.3) is 0 Å². The lowest BCUT2D eigenvalue weighted by Gasteiger charge is -2.40. The van der Waals surface area contributed by atoms with Crippen molar-refractivity contribution in [2.45, 2.75) is 65.1 Å². The predicted octanol–water partition coefficient (Wildman–Crippen LogP) is 2.78. The number of aromatic nitrogens is 2. The van der Waals surface area contributed by atoms with Crippen LogP contribution in [-0.4, -0.2) is 74.7 Å². The van der Waals surface area contributed by atoms with Crippen molar-refractivity contribution in [3.63, 3.8) is 0 Å². The molecule has 2 heterocycles. The average molecular weight is 423 g/mol. The Hall–Kier alpha value is -0.990. The van der Waals surface area contributed by atoms with Crippen LogP contribution in [0, 0.1) is 5.41 Å². The predicted molar refractivity (Wildman–Crippen MR) is 119 cm³/mol. The summed E-state index contributed by atoms with van der Waals surface area (Å²) in [5.74, 6) is 1.74. The SMILES string of the molecule is CCOCC1(COCC)CCC(c2c(CN(C)CCNC)nc3n2COCC3)CC1. The zero-order valence-corrected chi connectivity index (χ0v) is 19.5. The quantitative estimate of drug-likeness (QED) is 0.559. The first kappa shape index (κ1) is 23.7. The van der Waals surface area contributed by atoms with Crippen LogP contribution in [-0.2, 0) is 33.9 Å².